The molecule has 1 aromatic carbocycles. The largest absolute Gasteiger partial charge is 0.497 e. The van der Waals surface area contributed by atoms with Gasteiger partial charge in [-0.25, -0.2) is 0 Å². The van der Waals surface area contributed by atoms with Gasteiger partial charge in [0.25, 0.3) is 5.56 Å². The van der Waals surface area contributed by atoms with Crippen molar-refractivity contribution in [1.82, 2.24) is 9.47 Å². The second-order valence-corrected chi connectivity index (χ2v) is 7.90. The van der Waals surface area contributed by atoms with Gasteiger partial charge in [-0.1, -0.05) is 19.1 Å². The summed E-state index contributed by atoms with van der Waals surface area (Å²) in [5, 5.41) is 0. The summed E-state index contributed by atoms with van der Waals surface area (Å²) in [5.41, 5.74) is 1.58. The quantitative estimate of drug-likeness (QED) is 0.499. The predicted molar refractivity (Wildman–Crippen MR) is 124 cm³/mol. The molecule has 0 aliphatic carbocycles. The van der Waals surface area contributed by atoms with E-state index in [1.807, 2.05) is 31.2 Å². The molecular formula is C24H33N3O5. The van der Waals surface area contributed by atoms with Crippen molar-refractivity contribution in [3.05, 3.63) is 58.0 Å². The Morgan fingerprint density at radius 1 is 1.16 bits per heavy atom. The number of carbonyl (C=O) groups is 2. The molecule has 8 nitrogen and oxygen atoms in total. The number of aromatic nitrogens is 1. The molecule has 2 amide bonds. The van der Waals surface area contributed by atoms with E-state index in [1.54, 1.807) is 40.4 Å². The highest BCUT2D eigenvalue weighted by atomic mass is 16.5. The maximum Gasteiger partial charge on any atom is 0.275 e. The molecule has 0 saturated carbocycles. The van der Waals surface area contributed by atoms with Gasteiger partial charge >= 0.3 is 0 Å². The molecule has 0 fully saturated rings. The van der Waals surface area contributed by atoms with Crippen LogP contribution >= 0.6 is 0 Å². The van der Waals surface area contributed by atoms with Crippen molar-refractivity contribution in [2.45, 2.75) is 32.2 Å². The zero-order valence-electron chi connectivity index (χ0n) is 19.7. The van der Waals surface area contributed by atoms with Crippen molar-refractivity contribution in [3.8, 4) is 5.75 Å². The van der Waals surface area contributed by atoms with E-state index < -0.39 is 11.6 Å². The fraction of sp³-hybridized carbons (Fsp3) is 0.458. The van der Waals surface area contributed by atoms with E-state index in [2.05, 4.69) is 0 Å². The van der Waals surface area contributed by atoms with Gasteiger partial charge in [-0.05, 0) is 42.7 Å². The summed E-state index contributed by atoms with van der Waals surface area (Å²) < 4.78 is 11.8. The fourth-order valence-electron chi connectivity index (χ4n) is 3.72. The van der Waals surface area contributed by atoms with Gasteiger partial charge in [0, 0.05) is 39.9 Å². The summed E-state index contributed by atoms with van der Waals surface area (Å²) in [6.07, 6.45) is 3.04. The fourth-order valence-corrected chi connectivity index (χ4v) is 3.72. The number of pyridine rings is 1. The second-order valence-electron chi connectivity index (χ2n) is 7.90. The standard InChI is InChI=1S/C24H33N3O5/c1-7-18(19-8-10-20(32-6)11-9-19)14-26(16-28)22-17(2)12-13-27(24(22)30)21(15-31-5)23(29)25(3)4/h8-13,16,18,21H,7,14-15H2,1-6H3. The molecule has 0 bridgehead atoms. The minimum Gasteiger partial charge on any atom is -0.497 e. The molecule has 0 saturated heterocycles. The highest BCUT2D eigenvalue weighted by molar-refractivity contribution is 5.81. The van der Waals surface area contributed by atoms with Crippen molar-refractivity contribution < 1.29 is 19.1 Å². The molecule has 2 atom stereocenters. The third kappa shape index (κ3) is 5.56. The first-order valence-electron chi connectivity index (χ1n) is 10.6. The topological polar surface area (TPSA) is 81.1 Å². The second kappa shape index (κ2) is 11.5. The Bertz CT molecular complexity index is 969. The summed E-state index contributed by atoms with van der Waals surface area (Å²) >= 11 is 0. The number of hydrogen-bond donors (Lipinski definition) is 0. The van der Waals surface area contributed by atoms with Crippen LogP contribution in [0.15, 0.2) is 41.3 Å². The number of ether oxygens (including phenoxy) is 2. The number of likely N-dealkylation sites (N-methyl/N-ethyl adjacent to an activating group) is 1. The van der Waals surface area contributed by atoms with Crippen LogP contribution in [0.25, 0.3) is 0 Å². The Balaban J connectivity index is 2.46. The van der Waals surface area contributed by atoms with E-state index in [4.69, 9.17) is 9.47 Å². The third-order valence-corrected chi connectivity index (χ3v) is 5.59. The van der Waals surface area contributed by atoms with E-state index in [-0.39, 0.29) is 24.1 Å². The number of amides is 2. The molecule has 1 heterocycles. The van der Waals surface area contributed by atoms with Crippen molar-refractivity contribution in [1.29, 1.82) is 0 Å². The van der Waals surface area contributed by atoms with Gasteiger partial charge < -0.3 is 19.3 Å². The zero-order valence-corrected chi connectivity index (χ0v) is 19.7. The van der Waals surface area contributed by atoms with Crippen LogP contribution in [-0.4, -0.2) is 63.3 Å². The van der Waals surface area contributed by atoms with Crippen LogP contribution in [0.5, 0.6) is 5.75 Å². The lowest BCUT2D eigenvalue weighted by molar-refractivity contribution is -0.133. The van der Waals surface area contributed by atoms with Gasteiger partial charge in [-0.3, -0.25) is 19.0 Å². The molecule has 0 aliphatic heterocycles. The Labute approximate surface area is 189 Å². The smallest absolute Gasteiger partial charge is 0.275 e. The average molecular weight is 444 g/mol. The molecule has 2 rings (SSSR count). The van der Waals surface area contributed by atoms with Gasteiger partial charge in [-0.15, -0.1) is 0 Å². The van der Waals surface area contributed by atoms with Crippen LogP contribution in [0, 0.1) is 6.92 Å². The molecular weight excluding hydrogens is 410 g/mol. The summed E-state index contributed by atoms with van der Waals surface area (Å²) in [7, 11) is 6.35. The number of aryl methyl sites for hydroxylation is 1. The van der Waals surface area contributed by atoms with E-state index in [0.717, 1.165) is 17.7 Å². The number of methoxy groups -OCH3 is 2. The number of nitrogens with zero attached hydrogens (tertiary/aromatic N) is 3. The highest BCUT2D eigenvalue weighted by Crippen LogP contribution is 2.26. The SMILES string of the molecule is CCC(CN(C=O)c1c(C)ccn(C(COC)C(=O)N(C)C)c1=O)c1ccc(OC)cc1. The van der Waals surface area contributed by atoms with E-state index in [0.29, 0.717) is 18.5 Å². The van der Waals surface area contributed by atoms with Gasteiger partial charge in [-0.2, -0.15) is 0 Å². The van der Waals surface area contributed by atoms with Gasteiger partial charge in [0.15, 0.2) is 0 Å². The summed E-state index contributed by atoms with van der Waals surface area (Å²) in [5.74, 6) is 0.523. The lowest BCUT2D eigenvalue weighted by Crippen LogP contribution is -2.41. The number of rotatable bonds is 11. The predicted octanol–water partition coefficient (Wildman–Crippen LogP) is 2.60. The Morgan fingerprint density at radius 3 is 2.31 bits per heavy atom. The maximum atomic E-state index is 13.4. The molecule has 8 heteroatoms. The van der Waals surface area contributed by atoms with Crippen LogP contribution in [-0.2, 0) is 14.3 Å². The summed E-state index contributed by atoms with van der Waals surface area (Å²) in [6, 6.07) is 8.62. The molecule has 1 aromatic heterocycles. The molecule has 32 heavy (non-hydrogen) atoms. The maximum absolute atomic E-state index is 13.4. The number of benzene rings is 1. The first-order valence-corrected chi connectivity index (χ1v) is 10.6. The highest BCUT2D eigenvalue weighted by Gasteiger charge is 2.26. The van der Waals surface area contributed by atoms with Crippen LogP contribution in [0.1, 0.15) is 36.4 Å². The number of anilines is 1. The van der Waals surface area contributed by atoms with Crippen molar-refractivity contribution in [3.63, 3.8) is 0 Å². The molecule has 2 unspecified atom stereocenters. The average Bonchev–Trinajstić information content (AvgIpc) is 2.79. The first-order chi connectivity index (χ1) is 15.3. The molecule has 0 radical (unpaired) electrons. The molecule has 0 N–H and O–H groups in total. The minimum atomic E-state index is -0.820. The monoisotopic (exact) mass is 443 g/mol. The van der Waals surface area contributed by atoms with Crippen LogP contribution in [0.2, 0.25) is 0 Å². The van der Waals surface area contributed by atoms with Crippen molar-refractivity contribution >= 4 is 18.0 Å². The molecule has 0 spiro atoms. The number of carbonyl (C=O) groups excluding carboxylic acids is 2. The Hall–Kier alpha value is -3.13. The molecule has 0 aliphatic rings. The van der Waals surface area contributed by atoms with E-state index >= 15 is 0 Å². The van der Waals surface area contributed by atoms with E-state index in [9.17, 15) is 14.4 Å². The van der Waals surface area contributed by atoms with E-state index in [1.165, 1.54) is 21.5 Å². The zero-order chi connectivity index (χ0) is 23.8. The van der Waals surface area contributed by atoms with Crippen LogP contribution < -0.4 is 15.2 Å². The molecule has 2 aromatic rings. The Morgan fingerprint density at radius 2 is 1.81 bits per heavy atom. The van der Waals surface area contributed by atoms with Gasteiger partial charge in [0.05, 0.1) is 13.7 Å². The van der Waals surface area contributed by atoms with Crippen molar-refractivity contribution in [2.24, 2.45) is 0 Å². The van der Waals surface area contributed by atoms with Gasteiger partial charge in [0.1, 0.15) is 17.5 Å². The molecule has 174 valence electrons. The minimum absolute atomic E-state index is 0.0248. The van der Waals surface area contributed by atoms with Crippen LogP contribution in [0.4, 0.5) is 5.69 Å². The Kier molecular flexibility index (Phi) is 9.02. The van der Waals surface area contributed by atoms with Crippen LogP contribution in [0.3, 0.4) is 0 Å². The lowest BCUT2D eigenvalue weighted by atomic mass is 9.95. The van der Waals surface area contributed by atoms with Crippen molar-refractivity contribution in [2.75, 3.05) is 46.4 Å². The number of hydrogen-bond acceptors (Lipinski definition) is 5. The normalized spacial score (nSPS) is 12.7. The first kappa shape index (κ1) is 25.1. The van der Waals surface area contributed by atoms with Gasteiger partial charge in [0.2, 0.25) is 12.3 Å². The third-order valence-electron chi connectivity index (χ3n) is 5.59. The lowest BCUT2D eigenvalue weighted by Gasteiger charge is -2.27. The summed E-state index contributed by atoms with van der Waals surface area (Å²) in [6.45, 7) is 4.20. The summed E-state index contributed by atoms with van der Waals surface area (Å²) in [4.78, 5) is 41.1.